The summed E-state index contributed by atoms with van der Waals surface area (Å²) in [4.78, 5) is 3.86. The molecule has 14 heavy (non-hydrogen) atoms. The summed E-state index contributed by atoms with van der Waals surface area (Å²) in [6, 6.07) is 0. The van der Waals surface area contributed by atoms with Crippen molar-refractivity contribution in [3.8, 4) is 0 Å². The van der Waals surface area contributed by atoms with Gasteiger partial charge in [0, 0.05) is 5.92 Å². The highest BCUT2D eigenvalue weighted by molar-refractivity contribution is 4.92. The third kappa shape index (κ3) is 2.73. The molecule has 0 fully saturated rings. The van der Waals surface area contributed by atoms with Gasteiger partial charge in [-0.1, -0.05) is 19.0 Å². The zero-order chi connectivity index (χ0) is 10.7. The molecule has 1 heterocycles. The fourth-order valence-corrected chi connectivity index (χ4v) is 0.853. The Bertz CT molecular complexity index is 289. The molecular formula is C8H12F2N2O2. The summed E-state index contributed by atoms with van der Waals surface area (Å²) in [5.41, 5.74) is 0. The summed E-state index contributed by atoms with van der Waals surface area (Å²) >= 11 is 0. The maximum absolute atomic E-state index is 11.9. The second kappa shape index (κ2) is 4.45. The van der Waals surface area contributed by atoms with E-state index in [9.17, 15) is 8.78 Å². The average molecular weight is 206 g/mol. The average Bonchev–Trinajstić information content (AvgIpc) is 2.52. The summed E-state index contributed by atoms with van der Waals surface area (Å²) in [5.74, 6) is 0.583. The number of aliphatic hydroxyl groups excluding tert-OH is 1. The minimum Gasteiger partial charge on any atom is -0.387 e. The Morgan fingerprint density at radius 2 is 2.07 bits per heavy atom. The Balaban J connectivity index is 2.60. The molecule has 0 aliphatic rings. The lowest BCUT2D eigenvalue weighted by Crippen LogP contribution is -2.20. The van der Waals surface area contributed by atoms with Crippen molar-refractivity contribution in [1.82, 2.24) is 10.1 Å². The number of hydrogen-bond acceptors (Lipinski definition) is 4. The second-order valence-electron chi connectivity index (χ2n) is 3.31. The van der Waals surface area contributed by atoms with Crippen LogP contribution in [0.5, 0.6) is 0 Å². The molecule has 0 amide bonds. The van der Waals surface area contributed by atoms with E-state index in [0.717, 1.165) is 0 Å². The Kier molecular flexibility index (Phi) is 3.51. The van der Waals surface area contributed by atoms with Crippen molar-refractivity contribution in [3.63, 3.8) is 0 Å². The summed E-state index contributed by atoms with van der Waals surface area (Å²) in [7, 11) is 0. The molecule has 0 spiro atoms. The molecule has 1 aromatic heterocycles. The fourth-order valence-electron chi connectivity index (χ4n) is 0.853. The van der Waals surface area contributed by atoms with E-state index in [1.165, 1.54) is 0 Å². The Hall–Kier alpha value is -1.04. The van der Waals surface area contributed by atoms with E-state index in [1.54, 1.807) is 0 Å². The summed E-state index contributed by atoms with van der Waals surface area (Å²) in [6.45, 7) is 3.72. The first-order chi connectivity index (χ1) is 6.50. The molecule has 0 bridgehead atoms. The van der Waals surface area contributed by atoms with Crippen molar-refractivity contribution in [3.05, 3.63) is 11.7 Å². The van der Waals surface area contributed by atoms with Gasteiger partial charge in [-0.15, -0.1) is 0 Å². The zero-order valence-electron chi connectivity index (χ0n) is 7.94. The maximum atomic E-state index is 11.9. The lowest BCUT2D eigenvalue weighted by atomic mass is 10.2. The quantitative estimate of drug-likeness (QED) is 0.808. The molecule has 6 heteroatoms. The maximum Gasteiger partial charge on any atom is 0.264 e. The number of aromatic nitrogens is 2. The van der Waals surface area contributed by atoms with E-state index in [4.69, 9.17) is 9.63 Å². The van der Waals surface area contributed by atoms with E-state index in [0.29, 0.717) is 5.82 Å². The molecule has 0 aliphatic carbocycles. The van der Waals surface area contributed by atoms with Crippen LogP contribution in [0.2, 0.25) is 0 Å². The van der Waals surface area contributed by atoms with Gasteiger partial charge >= 0.3 is 0 Å². The Morgan fingerprint density at radius 3 is 2.50 bits per heavy atom. The molecule has 0 saturated heterocycles. The molecule has 1 aromatic rings. The molecule has 0 radical (unpaired) electrons. The van der Waals surface area contributed by atoms with Crippen LogP contribution in [-0.4, -0.2) is 27.8 Å². The minimum atomic E-state index is -2.79. The fraction of sp³-hybridized carbons (Fsp3) is 0.750. The van der Waals surface area contributed by atoms with Crippen molar-refractivity contribution in [2.24, 2.45) is 0 Å². The van der Waals surface area contributed by atoms with Gasteiger partial charge in [-0.3, -0.25) is 0 Å². The van der Waals surface area contributed by atoms with Gasteiger partial charge in [0.05, 0.1) is 6.42 Å². The number of rotatable bonds is 4. The van der Waals surface area contributed by atoms with Gasteiger partial charge in [-0.05, 0) is 0 Å². The molecule has 0 saturated carbocycles. The van der Waals surface area contributed by atoms with Crippen molar-refractivity contribution >= 4 is 0 Å². The van der Waals surface area contributed by atoms with Gasteiger partial charge < -0.3 is 9.63 Å². The number of nitrogens with zero attached hydrogens (tertiary/aromatic N) is 2. The lowest BCUT2D eigenvalue weighted by Gasteiger charge is -2.04. The normalized spacial score (nSPS) is 13.9. The van der Waals surface area contributed by atoms with Gasteiger partial charge in [0.25, 0.3) is 6.43 Å². The largest absolute Gasteiger partial charge is 0.387 e. The topological polar surface area (TPSA) is 59.2 Å². The van der Waals surface area contributed by atoms with Crippen LogP contribution < -0.4 is 0 Å². The molecule has 0 aliphatic heterocycles. The van der Waals surface area contributed by atoms with Gasteiger partial charge in [-0.25, -0.2) is 8.78 Å². The molecular weight excluding hydrogens is 194 g/mol. The van der Waals surface area contributed by atoms with Crippen molar-refractivity contribution < 1.29 is 18.4 Å². The first-order valence-corrected chi connectivity index (χ1v) is 4.29. The molecule has 1 atom stereocenters. The first kappa shape index (κ1) is 11.0. The highest BCUT2D eigenvalue weighted by Gasteiger charge is 2.21. The smallest absolute Gasteiger partial charge is 0.264 e. The number of aliphatic hydroxyl groups is 1. The van der Waals surface area contributed by atoms with Gasteiger partial charge in [0.1, 0.15) is 6.10 Å². The molecule has 1 N–H and O–H groups in total. The SMILES string of the molecule is CC(C)c1noc(CC(O)C(F)F)n1. The molecule has 1 unspecified atom stereocenters. The van der Waals surface area contributed by atoms with Crippen molar-refractivity contribution in [2.75, 3.05) is 0 Å². The lowest BCUT2D eigenvalue weighted by molar-refractivity contribution is -0.00754. The third-order valence-corrected chi connectivity index (χ3v) is 1.67. The van der Waals surface area contributed by atoms with Crippen LogP contribution in [0.1, 0.15) is 31.5 Å². The van der Waals surface area contributed by atoms with Crippen LogP contribution in [0.4, 0.5) is 8.78 Å². The predicted molar refractivity (Wildman–Crippen MR) is 44.1 cm³/mol. The van der Waals surface area contributed by atoms with Gasteiger partial charge in [-0.2, -0.15) is 4.98 Å². The van der Waals surface area contributed by atoms with Crippen LogP contribution >= 0.6 is 0 Å². The van der Waals surface area contributed by atoms with Crippen LogP contribution in [0.25, 0.3) is 0 Å². The first-order valence-electron chi connectivity index (χ1n) is 4.29. The Morgan fingerprint density at radius 1 is 1.43 bits per heavy atom. The summed E-state index contributed by atoms with van der Waals surface area (Å²) < 4.78 is 28.6. The monoisotopic (exact) mass is 206 g/mol. The van der Waals surface area contributed by atoms with Crippen LogP contribution in [-0.2, 0) is 6.42 Å². The highest BCUT2D eigenvalue weighted by Crippen LogP contribution is 2.12. The Labute approximate surface area is 79.9 Å². The second-order valence-corrected chi connectivity index (χ2v) is 3.31. The van der Waals surface area contributed by atoms with Crippen LogP contribution in [0.3, 0.4) is 0 Å². The molecule has 80 valence electrons. The van der Waals surface area contributed by atoms with E-state index in [-0.39, 0.29) is 18.2 Å². The van der Waals surface area contributed by atoms with Crippen LogP contribution in [0, 0.1) is 0 Å². The third-order valence-electron chi connectivity index (χ3n) is 1.67. The molecule has 0 aromatic carbocycles. The number of hydrogen-bond donors (Lipinski definition) is 1. The number of alkyl halides is 2. The highest BCUT2D eigenvalue weighted by atomic mass is 19.3. The van der Waals surface area contributed by atoms with E-state index < -0.39 is 12.5 Å². The molecule has 1 rings (SSSR count). The van der Waals surface area contributed by atoms with Gasteiger partial charge in [0.15, 0.2) is 5.82 Å². The van der Waals surface area contributed by atoms with Crippen molar-refractivity contribution in [2.45, 2.75) is 38.7 Å². The van der Waals surface area contributed by atoms with E-state index >= 15 is 0 Å². The standard InChI is InChI=1S/C8H12F2N2O2/c1-4(2)8-11-6(14-12-8)3-5(13)7(9)10/h4-5,7,13H,3H2,1-2H3. The van der Waals surface area contributed by atoms with Crippen molar-refractivity contribution in [1.29, 1.82) is 0 Å². The zero-order valence-corrected chi connectivity index (χ0v) is 7.94. The number of halogens is 2. The van der Waals surface area contributed by atoms with E-state index in [1.807, 2.05) is 13.8 Å². The van der Waals surface area contributed by atoms with Gasteiger partial charge in [0.2, 0.25) is 5.89 Å². The minimum absolute atomic E-state index is 0.0431. The summed E-state index contributed by atoms with van der Waals surface area (Å²) in [5, 5.41) is 12.4. The van der Waals surface area contributed by atoms with E-state index in [2.05, 4.69) is 10.1 Å². The summed E-state index contributed by atoms with van der Waals surface area (Å²) in [6.07, 6.45) is -4.84. The van der Waals surface area contributed by atoms with Crippen LogP contribution in [0.15, 0.2) is 4.52 Å². The predicted octanol–water partition coefficient (Wildman–Crippen LogP) is 1.36. The molecule has 4 nitrogen and oxygen atoms in total.